The number of nitrogens with one attached hydrogen (secondary N) is 1. The molecule has 0 aliphatic carbocycles. The van der Waals surface area contributed by atoms with Gasteiger partial charge < -0.3 is 19.9 Å². The molecule has 2 heterocycles. The number of aliphatic hydroxyl groups excluding tert-OH is 1. The van der Waals surface area contributed by atoms with Crippen molar-refractivity contribution in [2.75, 3.05) is 16.0 Å². The van der Waals surface area contributed by atoms with Crippen molar-refractivity contribution in [2.24, 2.45) is 4.99 Å². The molecule has 1 aliphatic heterocycles. The SMILES string of the molecule is Cc1ccc(C(C)C)c(N2C(=O)CSC2=NC(O)Nc2ccc(OCc3ncn(-c4ccc(OC(F)(F)F)cc4)n3)c(F)c2)c1. The minimum Gasteiger partial charge on any atom is -0.482 e. The van der Waals surface area contributed by atoms with Crippen LogP contribution in [0.3, 0.4) is 0 Å². The second-order valence-corrected chi connectivity index (χ2v) is 11.2. The fourth-order valence-electron chi connectivity index (χ4n) is 4.45. The predicted molar refractivity (Wildman–Crippen MR) is 161 cm³/mol. The van der Waals surface area contributed by atoms with E-state index in [1.54, 1.807) is 0 Å². The molecule has 3 aromatic carbocycles. The lowest BCUT2D eigenvalue weighted by Gasteiger charge is -2.23. The van der Waals surface area contributed by atoms with E-state index in [1.807, 2.05) is 39.0 Å². The van der Waals surface area contributed by atoms with Crippen LogP contribution < -0.4 is 19.7 Å². The Balaban J connectivity index is 1.21. The number of alkyl halides is 3. The molecule has 2 N–H and O–H groups in total. The number of amides is 1. The number of hydrogen-bond donors (Lipinski definition) is 2. The Hall–Kier alpha value is -4.63. The number of carbonyl (C=O) groups excluding carboxylic acids is 1. The van der Waals surface area contributed by atoms with Crippen molar-refractivity contribution in [3.05, 3.63) is 89.8 Å². The Bertz CT molecular complexity index is 1710. The Morgan fingerprint density at radius 2 is 1.87 bits per heavy atom. The molecular weight excluding hydrogens is 616 g/mol. The smallest absolute Gasteiger partial charge is 0.482 e. The van der Waals surface area contributed by atoms with E-state index in [1.165, 1.54) is 51.9 Å². The van der Waals surface area contributed by atoms with Crippen LogP contribution in [0.5, 0.6) is 11.5 Å². The zero-order chi connectivity index (χ0) is 32.3. The molecule has 0 saturated carbocycles. The standard InChI is InChI=1S/C30H28F4N6O4S/c1-17(2)22-10-4-18(3)12-24(22)40-27(41)15-45-29(40)37-28(42)36-19-5-11-25(23(31)13-19)43-14-26-35-16-39(38-26)20-6-8-21(9-7-20)44-30(32,33)34/h4-13,16-17,28,36,42H,14-15H2,1-3H3. The number of aromatic nitrogens is 3. The van der Waals surface area contributed by atoms with Crippen molar-refractivity contribution in [1.29, 1.82) is 0 Å². The topological polar surface area (TPSA) is 114 Å². The van der Waals surface area contributed by atoms with Gasteiger partial charge in [0.2, 0.25) is 12.3 Å². The summed E-state index contributed by atoms with van der Waals surface area (Å²) in [7, 11) is 0. The molecule has 236 valence electrons. The number of aryl methyl sites for hydroxylation is 1. The van der Waals surface area contributed by atoms with Crippen LogP contribution in [0.2, 0.25) is 0 Å². The Morgan fingerprint density at radius 1 is 1.11 bits per heavy atom. The summed E-state index contributed by atoms with van der Waals surface area (Å²) in [5.74, 6) is -0.836. The van der Waals surface area contributed by atoms with Gasteiger partial charge in [0.05, 0.1) is 17.1 Å². The normalized spacial score (nSPS) is 15.2. The van der Waals surface area contributed by atoms with E-state index in [0.29, 0.717) is 16.5 Å². The van der Waals surface area contributed by atoms with E-state index >= 15 is 0 Å². The summed E-state index contributed by atoms with van der Waals surface area (Å²) in [6.07, 6.45) is -4.93. The van der Waals surface area contributed by atoms with Gasteiger partial charge in [-0.25, -0.2) is 19.0 Å². The van der Waals surface area contributed by atoms with Gasteiger partial charge in [0.25, 0.3) is 0 Å². The van der Waals surface area contributed by atoms with Gasteiger partial charge >= 0.3 is 6.36 Å². The summed E-state index contributed by atoms with van der Waals surface area (Å²) in [5.41, 5.74) is 3.31. The second-order valence-electron chi connectivity index (χ2n) is 10.2. The molecule has 45 heavy (non-hydrogen) atoms. The summed E-state index contributed by atoms with van der Waals surface area (Å²) >= 11 is 1.20. The maximum absolute atomic E-state index is 14.8. The van der Waals surface area contributed by atoms with Gasteiger partial charge in [0, 0.05) is 11.8 Å². The van der Waals surface area contributed by atoms with Crippen molar-refractivity contribution in [3.8, 4) is 17.2 Å². The van der Waals surface area contributed by atoms with E-state index in [4.69, 9.17) is 4.74 Å². The number of amidine groups is 1. The van der Waals surface area contributed by atoms with Crippen LogP contribution in [0, 0.1) is 12.7 Å². The number of ether oxygens (including phenoxy) is 2. The third-order valence-electron chi connectivity index (χ3n) is 6.51. The van der Waals surface area contributed by atoms with Crippen molar-refractivity contribution >= 4 is 34.2 Å². The molecule has 4 aromatic rings. The highest BCUT2D eigenvalue weighted by molar-refractivity contribution is 8.15. The van der Waals surface area contributed by atoms with Crippen LogP contribution in [0.4, 0.5) is 28.9 Å². The number of nitrogens with zero attached hydrogens (tertiary/aromatic N) is 5. The lowest BCUT2D eigenvalue weighted by Crippen LogP contribution is -2.32. The lowest BCUT2D eigenvalue weighted by atomic mass is 9.99. The highest BCUT2D eigenvalue weighted by Gasteiger charge is 2.33. The minimum absolute atomic E-state index is 0.102. The molecule has 1 aliphatic rings. The fraction of sp³-hybridized carbons (Fsp3) is 0.267. The molecule has 1 amide bonds. The molecule has 1 atom stereocenters. The average molecular weight is 645 g/mol. The molecule has 10 nitrogen and oxygen atoms in total. The van der Waals surface area contributed by atoms with Gasteiger partial charge in [-0.1, -0.05) is 37.7 Å². The highest BCUT2D eigenvalue weighted by Crippen LogP contribution is 2.34. The number of aliphatic hydroxyl groups is 1. The summed E-state index contributed by atoms with van der Waals surface area (Å²) in [6, 6.07) is 14.9. The van der Waals surface area contributed by atoms with E-state index in [-0.39, 0.29) is 47.2 Å². The minimum atomic E-state index is -4.80. The van der Waals surface area contributed by atoms with Crippen molar-refractivity contribution in [3.63, 3.8) is 0 Å². The van der Waals surface area contributed by atoms with Crippen LogP contribution in [-0.4, -0.2) is 49.4 Å². The first kappa shape index (κ1) is 31.8. The number of hydrogen-bond acceptors (Lipinski definition) is 9. The molecule has 1 aromatic heterocycles. The average Bonchev–Trinajstić information content (AvgIpc) is 3.58. The number of rotatable bonds is 10. The Labute approximate surface area is 259 Å². The molecule has 0 radical (unpaired) electrons. The Kier molecular flexibility index (Phi) is 9.29. The van der Waals surface area contributed by atoms with E-state index in [0.717, 1.165) is 29.3 Å². The summed E-state index contributed by atoms with van der Waals surface area (Å²) in [5, 5.41) is 17.9. The molecule has 15 heteroatoms. The quantitative estimate of drug-likeness (QED) is 0.156. The Morgan fingerprint density at radius 3 is 2.56 bits per heavy atom. The van der Waals surface area contributed by atoms with Gasteiger partial charge in [-0.3, -0.25) is 9.69 Å². The van der Waals surface area contributed by atoms with E-state index in [2.05, 4.69) is 25.1 Å². The second kappa shape index (κ2) is 13.2. The fourth-order valence-corrected chi connectivity index (χ4v) is 5.34. The predicted octanol–water partition coefficient (Wildman–Crippen LogP) is 6.14. The van der Waals surface area contributed by atoms with Gasteiger partial charge in [0.15, 0.2) is 22.6 Å². The number of carbonyl (C=O) groups is 1. The molecule has 1 fully saturated rings. The highest BCUT2D eigenvalue weighted by atomic mass is 32.2. The van der Waals surface area contributed by atoms with Crippen LogP contribution in [0.1, 0.15) is 36.7 Å². The van der Waals surface area contributed by atoms with Crippen LogP contribution >= 0.6 is 11.8 Å². The lowest BCUT2D eigenvalue weighted by molar-refractivity contribution is -0.274. The molecule has 5 rings (SSSR count). The van der Waals surface area contributed by atoms with Crippen molar-refractivity contribution in [1.82, 2.24) is 14.8 Å². The third kappa shape index (κ3) is 7.91. The van der Waals surface area contributed by atoms with Gasteiger partial charge in [-0.05, 0) is 66.4 Å². The first-order valence-electron chi connectivity index (χ1n) is 13.6. The van der Waals surface area contributed by atoms with Crippen LogP contribution in [0.15, 0.2) is 72.0 Å². The maximum atomic E-state index is 14.8. The third-order valence-corrected chi connectivity index (χ3v) is 7.44. The number of anilines is 2. The molecule has 0 spiro atoms. The van der Waals surface area contributed by atoms with Crippen molar-refractivity contribution < 1.29 is 36.9 Å². The number of halogens is 4. The van der Waals surface area contributed by atoms with Crippen molar-refractivity contribution in [2.45, 2.75) is 46.0 Å². The van der Waals surface area contributed by atoms with Gasteiger partial charge in [0.1, 0.15) is 18.7 Å². The monoisotopic (exact) mass is 644 g/mol. The largest absolute Gasteiger partial charge is 0.573 e. The molecule has 1 unspecified atom stereocenters. The first-order chi connectivity index (χ1) is 21.4. The zero-order valence-electron chi connectivity index (χ0n) is 24.2. The molecule has 1 saturated heterocycles. The van der Waals surface area contributed by atoms with Crippen LogP contribution in [-0.2, 0) is 11.4 Å². The molecular formula is C30H28F4N6O4S. The van der Waals surface area contributed by atoms with Gasteiger partial charge in [-0.15, -0.1) is 18.3 Å². The maximum Gasteiger partial charge on any atom is 0.573 e. The summed E-state index contributed by atoms with van der Waals surface area (Å²) in [4.78, 5) is 22.7. The number of aliphatic imine (C=N–C) groups is 1. The summed E-state index contributed by atoms with van der Waals surface area (Å²) in [6.45, 7) is 5.80. The van der Waals surface area contributed by atoms with Gasteiger partial charge in [-0.2, -0.15) is 0 Å². The summed E-state index contributed by atoms with van der Waals surface area (Å²) < 4.78 is 62.6. The van der Waals surface area contributed by atoms with E-state index < -0.39 is 18.5 Å². The zero-order valence-corrected chi connectivity index (χ0v) is 25.1. The number of benzene rings is 3. The molecule has 0 bridgehead atoms. The first-order valence-corrected chi connectivity index (χ1v) is 14.6. The van der Waals surface area contributed by atoms with Crippen LogP contribution in [0.25, 0.3) is 5.69 Å². The van der Waals surface area contributed by atoms with E-state index in [9.17, 15) is 27.5 Å². The number of thioether (sulfide) groups is 1.